The van der Waals surface area contributed by atoms with Crippen molar-refractivity contribution in [1.82, 2.24) is 0 Å². The van der Waals surface area contributed by atoms with E-state index < -0.39 is 0 Å². The van der Waals surface area contributed by atoms with Crippen LogP contribution >= 0.6 is 11.6 Å². The second kappa shape index (κ2) is 6.29. The number of nitrogens with two attached hydrogens (primary N) is 1. The Morgan fingerprint density at radius 3 is 2.15 bits per heavy atom. The van der Waals surface area contributed by atoms with Gasteiger partial charge >= 0.3 is 0 Å². The van der Waals surface area contributed by atoms with Crippen molar-refractivity contribution in [1.29, 1.82) is 0 Å². The van der Waals surface area contributed by atoms with E-state index >= 15 is 0 Å². The monoisotopic (exact) mass is 289 g/mol. The molecule has 0 saturated carbocycles. The van der Waals surface area contributed by atoms with Gasteiger partial charge in [-0.15, -0.1) is 0 Å². The third kappa shape index (κ3) is 3.75. The molecule has 3 heteroatoms. The maximum Gasteiger partial charge on any atom is 0.133 e. The Hall–Kier alpha value is -1.51. The van der Waals surface area contributed by atoms with Gasteiger partial charge in [0, 0.05) is 11.1 Å². The highest BCUT2D eigenvalue weighted by atomic mass is 35.5. The largest absolute Gasteiger partial charge is 0.457 e. The zero-order valence-electron chi connectivity index (χ0n) is 12.1. The van der Waals surface area contributed by atoms with Gasteiger partial charge in [-0.25, -0.2) is 0 Å². The van der Waals surface area contributed by atoms with Gasteiger partial charge in [-0.05, 0) is 68.1 Å². The molecule has 0 bridgehead atoms. The van der Waals surface area contributed by atoms with E-state index in [9.17, 15) is 0 Å². The van der Waals surface area contributed by atoms with Gasteiger partial charge in [-0.1, -0.05) is 23.7 Å². The van der Waals surface area contributed by atoms with Crippen molar-refractivity contribution in [3.8, 4) is 11.5 Å². The van der Waals surface area contributed by atoms with Crippen LogP contribution in [0.3, 0.4) is 0 Å². The topological polar surface area (TPSA) is 35.2 Å². The predicted molar refractivity (Wildman–Crippen MR) is 84.8 cm³/mol. The number of ether oxygens (including phenoxy) is 1. The average Bonchev–Trinajstić information content (AvgIpc) is 2.35. The summed E-state index contributed by atoms with van der Waals surface area (Å²) in [6.45, 7) is 6.00. The van der Waals surface area contributed by atoms with E-state index in [0.29, 0.717) is 0 Å². The maximum atomic E-state index is 6.03. The molecular formula is C17H20ClNO. The molecule has 0 heterocycles. The predicted octanol–water partition coefficient (Wildman–Crippen LogP) is 4.64. The Morgan fingerprint density at radius 2 is 1.65 bits per heavy atom. The minimum atomic E-state index is 0.169. The van der Waals surface area contributed by atoms with E-state index in [-0.39, 0.29) is 6.04 Å². The van der Waals surface area contributed by atoms with E-state index in [0.717, 1.165) is 34.1 Å². The summed E-state index contributed by atoms with van der Waals surface area (Å²) in [5.41, 5.74) is 9.09. The van der Waals surface area contributed by atoms with Crippen molar-refractivity contribution in [3.63, 3.8) is 0 Å². The highest BCUT2D eigenvalue weighted by Gasteiger charge is 2.07. The first-order valence-corrected chi connectivity index (χ1v) is 7.12. The summed E-state index contributed by atoms with van der Waals surface area (Å²) in [7, 11) is 0. The van der Waals surface area contributed by atoms with Crippen molar-refractivity contribution < 1.29 is 4.74 Å². The van der Waals surface area contributed by atoms with Crippen LogP contribution in [0.25, 0.3) is 0 Å². The van der Waals surface area contributed by atoms with E-state index in [1.165, 1.54) is 5.56 Å². The maximum absolute atomic E-state index is 6.03. The van der Waals surface area contributed by atoms with Crippen molar-refractivity contribution >= 4 is 11.6 Å². The van der Waals surface area contributed by atoms with E-state index in [4.69, 9.17) is 22.1 Å². The smallest absolute Gasteiger partial charge is 0.133 e. The van der Waals surface area contributed by atoms with Crippen LogP contribution in [0.1, 0.15) is 23.6 Å². The Balaban J connectivity index is 2.18. The normalized spacial score (nSPS) is 12.2. The van der Waals surface area contributed by atoms with Gasteiger partial charge in [0.25, 0.3) is 0 Å². The molecule has 0 aliphatic rings. The molecule has 1 unspecified atom stereocenters. The number of halogens is 1. The molecule has 0 aliphatic heterocycles. The van der Waals surface area contributed by atoms with Gasteiger partial charge in [-0.2, -0.15) is 0 Å². The first kappa shape index (κ1) is 14.9. The Kier molecular flexibility index (Phi) is 4.69. The van der Waals surface area contributed by atoms with Crippen LogP contribution in [0.5, 0.6) is 11.5 Å². The molecule has 20 heavy (non-hydrogen) atoms. The lowest BCUT2D eigenvalue weighted by Gasteiger charge is -2.13. The lowest BCUT2D eigenvalue weighted by atomic mass is 10.1. The van der Waals surface area contributed by atoms with Crippen LogP contribution in [0.15, 0.2) is 36.4 Å². The lowest BCUT2D eigenvalue weighted by Crippen LogP contribution is -2.17. The van der Waals surface area contributed by atoms with Crippen LogP contribution in [0.2, 0.25) is 5.02 Å². The summed E-state index contributed by atoms with van der Waals surface area (Å²) in [6, 6.07) is 12.1. The Bertz CT molecular complexity index is 567. The molecule has 0 spiro atoms. The number of hydrogen-bond acceptors (Lipinski definition) is 2. The third-order valence-electron chi connectivity index (χ3n) is 3.13. The van der Waals surface area contributed by atoms with Crippen molar-refractivity contribution in [2.24, 2.45) is 5.73 Å². The standard InChI is InChI=1S/C17H20ClNO/c1-11-8-15(18)9-12(2)17(11)20-16-6-4-14(5-7-16)10-13(3)19/h4-9,13H,10,19H2,1-3H3. The fraction of sp³-hybridized carbons (Fsp3) is 0.294. The number of benzene rings is 2. The molecule has 2 nitrogen and oxygen atoms in total. The molecule has 1 atom stereocenters. The first-order chi connectivity index (χ1) is 9.45. The van der Waals surface area contributed by atoms with E-state index in [1.54, 1.807) is 0 Å². The average molecular weight is 290 g/mol. The molecule has 0 amide bonds. The molecule has 0 fully saturated rings. The summed E-state index contributed by atoms with van der Waals surface area (Å²) in [6.07, 6.45) is 0.874. The van der Waals surface area contributed by atoms with Crippen molar-refractivity contribution in [2.75, 3.05) is 0 Å². The second-order valence-electron chi connectivity index (χ2n) is 5.30. The number of hydrogen-bond donors (Lipinski definition) is 1. The second-order valence-corrected chi connectivity index (χ2v) is 5.73. The fourth-order valence-corrected chi connectivity index (χ4v) is 2.57. The quantitative estimate of drug-likeness (QED) is 0.890. The SMILES string of the molecule is Cc1cc(Cl)cc(C)c1Oc1ccc(CC(C)N)cc1. The molecule has 0 aliphatic carbocycles. The van der Waals surface area contributed by atoms with Crippen LogP contribution in [-0.2, 0) is 6.42 Å². The molecule has 0 radical (unpaired) electrons. The van der Waals surface area contributed by atoms with Gasteiger partial charge in [0.05, 0.1) is 0 Å². The van der Waals surface area contributed by atoms with Gasteiger partial charge in [0.1, 0.15) is 11.5 Å². The Labute approximate surface area is 125 Å². The van der Waals surface area contributed by atoms with Gasteiger partial charge < -0.3 is 10.5 Å². The van der Waals surface area contributed by atoms with Crippen LogP contribution in [0.4, 0.5) is 0 Å². The summed E-state index contributed by atoms with van der Waals surface area (Å²) in [5, 5.41) is 0.736. The fourth-order valence-electron chi connectivity index (χ4n) is 2.24. The number of rotatable bonds is 4. The van der Waals surface area contributed by atoms with Gasteiger partial charge in [0.15, 0.2) is 0 Å². The highest BCUT2D eigenvalue weighted by molar-refractivity contribution is 6.30. The third-order valence-corrected chi connectivity index (χ3v) is 3.34. The number of aryl methyl sites for hydroxylation is 2. The molecule has 106 valence electrons. The Morgan fingerprint density at radius 1 is 1.10 bits per heavy atom. The summed E-state index contributed by atoms with van der Waals surface area (Å²) < 4.78 is 5.96. The molecular weight excluding hydrogens is 270 g/mol. The minimum absolute atomic E-state index is 0.169. The minimum Gasteiger partial charge on any atom is -0.457 e. The molecule has 0 saturated heterocycles. The van der Waals surface area contributed by atoms with Crippen LogP contribution in [0, 0.1) is 13.8 Å². The summed E-state index contributed by atoms with van der Waals surface area (Å²) >= 11 is 6.03. The summed E-state index contributed by atoms with van der Waals surface area (Å²) in [5.74, 6) is 1.70. The highest BCUT2D eigenvalue weighted by Crippen LogP contribution is 2.31. The van der Waals surface area contributed by atoms with Crippen LogP contribution < -0.4 is 10.5 Å². The molecule has 2 N–H and O–H groups in total. The molecule has 2 aromatic carbocycles. The van der Waals surface area contributed by atoms with E-state index in [1.807, 2.05) is 45.0 Å². The molecule has 2 rings (SSSR count). The lowest BCUT2D eigenvalue weighted by molar-refractivity contribution is 0.475. The van der Waals surface area contributed by atoms with Crippen molar-refractivity contribution in [2.45, 2.75) is 33.2 Å². The molecule has 0 aromatic heterocycles. The zero-order valence-corrected chi connectivity index (χ0v) is 12.9. The van der Waals surface area contributed by atoms with Crippen LogP contribution in [-0.4, -0.2) is 6.04 Å². The first-order valence-electron chi connectivity index (χ1n) is 6.75. The van der Waals surface area contributed by atoms with Gasteiger partial charge in [0.2, 0.25) is 0 Å². The summed E-state index contributed by atoms with van der Waals surface area (Å²) in [4.78, 5) is 0. The van der Waals surface area contributed by atoms with Gasteiger partial charge in [-0.3, -0.25) is 0 Å². The zero-order chi connectivity index (χ0) is 14.7. The molecule has 2 aromatic rings. The van der Waals surface area contributed by atoms with E-state index in [2.05, 4.69) is 12.1 Å². The van der Waals surface area contributed by atoms with Crippen molar-refractivity contribution in [3.05, 3.63) is 58.1 Å².